The first-order valence-corrected chi connectivity index (χ1v) is 7.81. The highest BCUT2D eigenvalue weighted by Gasteiger charge is 2.22. The summed E-state index contributed by atoms with van der Waals surface area (Å²) >= 11 is 0. The maximum absolute atomic E-state index is 12.8. The Kier molecular flexibility index (Phi) is 6.07. The van der Waals surface area contributed by atoms with E-state index in [9.17, 15) is 14.0 Å². The fourth-order valence-corrected chi connectivity index (χ4v) is 2.83. The summed E-state index contributed by atoms with van der Waals surface area (Å²) in [4.78, 5) is 26.0. The number of rotatable bonds is 6. The monoisotopic (exact) mass is 306 g/mol. The predicted octanol–water partition coefficient (Wildman–Crippen LogP) is 2.25. The van der Waals surface area contributed by atoms with E-state index < -0.39 is 0 Å². The van der Waals surface area contributed by atoms with Crippen LogP contribution < -0.4 is 5.32 Å². The van der Waals surface area contributed by atoms with Crippen molar-refractivity contribution in [2.45, 2.75) is 25.7 Å². The zero-order valence-corrected chi connectivity index (χ0v) is 13.0. The third-order valence-corrected chi connectivity index (χ3v) is 4.19. The highest BCUT2D eigenvalue weighted by molar-refractivity contribution is 5.97. The van der Waals surface area contributed by atoms with Crippen LogP contribution >= 0.6 is 0 Å². The average molecular weight is 306 g/mol. The van der Waals surface area contributed by atoms with Crippen LogP contribution in [0.15, 0.2) is 24.3 Å². The lowest BCUT2D eigenvalue weighted by Gasteiger charge is -2.32. The van der Waals surface area contributed by atoms with Gasteiger partial charge in [0.2, 0.25) is 5.91 Å². The van der Waals surface area contributed by atoms with Gasteiger partial charge in [-0.2, -0.15) is 0 Å². The maximum atomic E-state index is 12.8. The van der Waals surface area contributed by atoms with Crippen LogP contribution in [-0.2, 0) is 4.79 Å². The van der Waals surface area contributed by atoms with E-state index in [1.165, 1.54) is 24.3 Å². The molecule has 0 aromatic heterocycles. The van der Waals surface area contributed by atoms with Crippen LogP contribution in [0.4, 0.5) is 4.39 Å². The molecule has 1 aliphatic heterocycles. The highest BCUT2D eigenvalue weighted by Crippen LogP contribution is 2.17. The first-order chi connectivity index (χ1) is 10.6. The molecule has 0 atom stereocenters. The molecule has 1 N–H and O–H groups in total. The topological polar surface area (TPSA) is 49.4 Å². The van der Waals surface area contributed by atoms with Gasteiger partial charge in [-0.1, -0.05) is 0 Å². The molecule has 1 fully saturated rings. The number of carbonyl (C=O) groups excluding carboxylic acids is 2. The van der Waals surface area contributed by atoms with Crippen molar-refractivity contribution in [1.82, 2.24) is 10.2 Å². The summed E-state index contributed by atoms with van der Waals surface area (Å²) in [7, 11) is 1.94. The molecule has 1 saturated heterocycles. The molecule has 2 rings (SSSR count). The van der Waals surface area contributed by atoms with E-state index in [4.69, 9.17) is 0 Å². The number of ketones is 1. The van der Waals surface area contributed by atoms with Crippen molar-refractivity contribution in [3.05, 3.63) is 35.6 Å². The Morgan fingerprint density at radius 3 is 2.41 bits per heavy atom. The van der Waals surface area contributed by atoms with E-state index in [1.54, 1.807) is 0 Å². The summed E-state index contributed by atoms with van der Waals surface area (Å²) < 4.78 is 12.8. The van der Waals surface area contributed by atoms with Gasteiger partial charge < -0.3 is 10.2 Å². The number of Topliss-reactive ketones (excluding diaryl/α,β-unsaturated/α-hetero) is 1. The molecular formula is C17H23FN2O2. The molecule has 120 valence electrons. The zero-order valence-electron chi connectivity index (χ0n) is 13.0. The summed E-state index contributed by atoms with van der Waals surface area (Å²) in [6.07, 6.45) is 2.44. The number of carbonyl (C=O) groups is 2. The van der Waals surface area contributed by atoms with Gasteiger partial charge in [-0.15, -0.1) is 0 Å². The van der Waals surface area contributed by atoms with Crippen molar-refractivity contribution < 1.29 is 14.0 Å². The second-order valence-corrected chi connectivity index (χ2v) is 5.81. The molecule has 0 unspecified atom stereocenters. The van der Waals surface area contributed by atoms with Crippen LogP contribution in [-0.4, -0.2) is 43.3 Å². The van der Waals surface area contributed by atoms with Crippen LogP contribution in [0.2, 0.25) is 0 Å². The predicted molar refractivity (Wildman–Crippen MR) is 83.2 cm³/mol. The molecule has 0 saturated carbocycles. The van der Waals surface area contributed by atoms with Crippen LogP contribution in [0.25, 0.3) is 0 Å². The minimum atomic E-state index is -0.364. The van der Waals surface area contributed by atoms with E-state index >= 15 is 0 Å². The molecule has 5 heteroatoms. The number of benzene rings is 1. The van der Waals surface area contributed by atoms with Crippen molar-refractivity contribution in [1.29, 1.82) is 0 Å². The third-order valence-electron chi connectivity index (χ3n) is 4.19. The van der Waals surface area contributed by atoms with E-state index in [0.29, 0.717) is 11.5 Å². The smallest absolute Gasteiger partial charge is 0.223 e. The Hall–Kier alpha value is -1.75. The summed E-state index contributed by atoms with van der Waals surface area (Å²) in [5.74, 6) is 0.198. The standard InChI is InChI=1S/C17H23FN2O2/c1-19-12-13-8-10-20(11-9-13)17(22)7-6-16(21)14-2-4-15(18)5-3-14/h2-5,13,19H,6-12H2,1H3. The van der Waals surface area contributed by atoms with E-state index in [1.807, 2.05) is 11.9 Å². The Balaban J connectivity index is 1.76. The molecule has 1 aromatic carbocycles. The molecule has 0 radical (unpaired) electrons. The van der Waals surface area contributed by atoms with Gasteiger partial charge in [0.1, 0.15) is 5.82 Å². The Labute approximate surface area is 130 Å². The molecule has 0 spiro atoms. The quantitative estimate of drug-likeness (QED) is 0.820. The van der Waals surface area contributed by atoms with Gasteiger partial charge >= 0.3 is 0 Å². The summed E-state index contributed by atoms with van der Waals surface area (Å²) in [6, 6.07) is 5.46. The van der Waals surface area contributed by atoms with Crippen molar-refractivity contribution >= 4 is 11.7 Å². The lowest BCUT2D eigenvalue weighted by Crippen LogP contribution is -2.40. The molecule has 4 nitrogen and oxygen atoms in total. The van der Waals surface area contributed by atoms with E-state index in [-0.39, 0.29) is 30.3 Å². The van der Waals surface area contributed by atoms with E-state index in [0.717, 1.165) is 32.5 Å². The third kappa shape index (κ3) is 4.63. The van der Waals surface area contributed by atoms with Gasteiger partial charge in [0.15, 0.2) is 5.78 Å². The number of halogens is 1. The highest BCUT2D eigenvalue weighted by atomic mass is 19.1. The SMILES string of the molecule is CNCC1CCN(C(=O)CCC(=O)c2ccc(F)cc2)CC1. The molecule has 1 amide bonds. The van der Waals surface area contributed by atoms with Crippen molar-refractivity contribution in [2.75, 3.05) is 26.7 Å². The molecule has 0 bridgehead atoms. The minimum Gasteiger partial charge on any atom is -0.343 e. The molecule has 0 aliphatic carbocycles. The number of hydrogen-bond donors (Lipinski definition) is 1. The number of amides is 1. The van der Waals surface area contributed by atoms with Gasteiger partial charge in [-0.05, 0) is 56.6 Å². The molecule has 1 aromatic rings. The fourth-order valence-electron chi connectivity index (χ4n) is 2.83. The van der Waals surface area contributed by atoms with Gasteiger partial charge in [0, 0.05) is 31.5 Å². The Morgan fingerprint density at radius 1 is 1.18 bits per heavy atom. The molecule has 1 aliphatic rings. The zero-order chi connectivity index (χ0) is 15.9. The first kappa shape index (κ1) is 16.6. The largest absolute Gasteiger partial charge is 0.343 e. The van der Waals surface area contributed by atoms with Crippen molar-refractivity contribution in [3.8, 4) is 0 Å². The normalized spacial score (nSPS) is 15.8. The minimum absolute atomic E-state index is 0.0402. The van der Waals surface area contributed by atoms with Crippen LogP contribution in [0.5, 0.6) is 0 Å². The maximum Gasteiger partial charge on any atom is 0.223 e. The van der Waals surface area contributed by atoms with Crippen molar-refractivity contribution in [2.24, 2.45) is 5.92 Å². The average Bonchev–Trinajstić information content (AvgIpc) is 2.54. The van der Waals surface area contributed by atoms with Crippen LogP contribution in [0, 0.1) is 11.7 Å². The summed E-state index contributed by atoms with van der Waals surface area (Å²) in [5, 5.41) is 3.17. The number of piperidine rings is 1. The fraction of sp³-hybridized carbons (Fsp3) is 0.529. The lowest BCUT2D eigenvalue weighted by molar-refractivity contribution is -0.132. The van der Waals surface area contributed by atoms with E-state index in [2.05, 4.69) is 5.32 Å². The van der Waals surface area contributed by atoms with Gasteiger partial charge in [0.25, 0.3) is 0 Å². The Bertz CT molecular complexity index is 508. The molecule has 22 heavy (non-hydrogen) atoms. The van der Waals surface area contributed by atoms with Gasteiger partial charge in [-0.25, -0.2) is 4.39 Å². The number of nitrogens with zero attached hydrogens (tertiary/aromatic N) is 1. The van der Waals surface area contributed by atoms with Crippen LogP contribution in [0.3, 0.4) is 0 Å². The summed E-state index contributed by atoms with van der Waals surface area (Å²) in [6.45, 7) is 2.54. The van der Waals surface area contributed by atoms with Crippen LogP contribution in [0.1, 0.15) is 36.0 Å². The van der Waals surface area contributed by atoms with Crippen molar-refractivity contribution in [3.63, 3.8) is 0 Å². The number of hydrogen-bond acceptors (Lipinski definition) is 3. The number of nitrogens with one attached hydrogen (secondary N) is 1. The first-order valence-electron chi connectivity index (χ1n) is 7.81. The number of likely N-dealkylation sites (tertiary alicyclic amines) is 1. The second-order valence-electron chi connectivity index (χ2n) is 5.81. The van der Waals surface area contributed by atoms with Gasteiger partial charge in [-0.3, -0.25) is 9.59 Å². The summed E-state index contributed by atoms with van der Waals surface area (Å²) in [5.41, 5.74) is 0.460. The van der Waals surface area contributed by atoms with Gasteiger partial charge in [0.05, 0.1) is 0 Å². The Morgan fingerprint density at radius 2 is 1.82 bits per heavy atom. The lowest BCUT2D eigenvalue weighted by atomic mass is 9.96. The molecule has 1 heterocycles. The second kappa shape index (κ2) is 8.03. The molecular weight excluding hydrogens is 283 g/mol.